The van der Waals surface area contributed by atoms with E-state index in [1.54, 1.807) is 17.0 Å². The number of nitrogens with zero attached hydrogens (tertiary/aromatic N) is 3. The predicted octanol–water partition coefficient (Wildman–Crippen LogP) is 5.41. The Hall–Kier alpha value is -2.28. The molecule has 1 aliphatic heterocycles. The van der Waals surface area contributed by atoms with E-state index >= 15 is 0 Å². The van der Waals surface area contributed by atoms with Gasteiger partial charge in [0.05, 0.1) is 11.6 Å². The maximum Gasteiger partial charge on any atom is 0.407 e. The fourth-order valence-electron chi connectivity index (χ4n) is 5.04. The van der Waals surface area contributed by atoms with Crippen LogP contribution < -0.4 is 0 Å². The van der Waals surface area contributed by atoms with Gasteiger partial charge in [0.2, 0.25) is 0 Å². The molecule has 3 heterocycles. The lowest BCUT2D eigenvalue weighted by atomic mass is 9.72. The van der Waals surface area contributed by atoms with Crippen molar-refractivity contribution in [1.29, 1.82) is 0 Å². The summed E-state index contributed by atoms with van der Waals surface area (Å²) in [5.41, 5.74) is 0.604. The van der Waals surface area contributed by atoms with Gasteiger partial charge in [0.1, 0.15) is 10.7 Å². The van der Waals surface area contributed by atoms with Crippen molar-refractivity contribution in [3.8, 4) is 0 Å². The third-order valence-electron chi connectivity index (χ3n) is 6.02. The third kappa shape index (κ3) is 4.12. The minimum Gasteiger partial charge on any atom is -0.465 e. The molecule has 2 aromatic heterocycles. The van der Waals surface area contributed by atoms with Gasteiger partial charge in [0, 0.05) is 24.7 Å². The summed E-state index contributed by atoms with van der Waals surface area (Å²) in [6.07, 6.45) is -0.975. The second kappa shape index (κ2) is 7.40. The topological polar surface area (TPSA) is 86.9 Å². The fraction of sp³-hybridized carbons (Fsp3) is 0.609. The van der Waals surface area contributed by atoms with E-state index < -0.39 is 17.7 Å². The number of hydrogen-bond acceptors (Lipinski definition) is 4. The minimum absolute atomic E-state index is 0.180. The van der Waals surface area contributed by atoms with Crippen LogP contribution in [-0.2, 0) is 5.41 Å². The van der Waals surface area contributed by atoms with Gasteiger partial charge in [0.25, 0.3) is 5.91 Å². The van der Waals surface area contributed by atoms with Gasteiger partial charge >= 0.3 is 6.09 Å². The third-order valence-corrected chi connectivity index (χ3v) is 6.21. The van der Waals surface area contributed by atoms with Crippen LogP contribution in [-0.4, -0.2) is 56.6 Å². The van der Waals surface area contributed by atoms with Crippen LogP contribution >= 0.6 is 11.6 Å². The molecular weight excluding hydrogens is 418 g/mol. The number of rotatable bonds is 1. The van der Waals surface area contributed by atoms with E-state index in [1.165, 1.54) is 4.90 Å². The quantitative estimate of drug-likeness (QED) is 0.588. The summed E-state index contributed by atoms with van der Waals surface area (Å²) in [6, 6.07) is 3.01. The average Bonchev–Trinajstić information content (AvgIpc) is 3.00. The second-order valence-corrected chi connectivity index (χ2v) is 11.3. The van der Waals surface area contributed by atoms with Crippen molar-refractivity contribution in [2.75, 3.05) is 13.1 Å². The van der Waals surface area contributed by atoms with Crippen LogP contribution in [0.4, 0.5) is 4.79 Å². The summed E-state index contributed by atoms with van der Waals surface area (Å²) < 4.78 is 6.04. The number of aromatic nitrogens is 1. The number of amides is 2. The molecule has 0 aliphatic carbocycles. The number of fused-ring (bicyclic) bond motifs is 1. The van der Waals surface area contributed by atoms with Gasteiger partial charge in [-0.2, -0.15) is 0 Å². The molecule has 3 rings (SSSR count). The molecule has 1 fully saturated rings. The summed E-state index contributed by atoms with van der Waals surface area (Å²) in [6.45, 7) is 16.5. The molecule has 1 atom stereocenters. The van der Waals surface area contributed by atoms with Gasteiger partial charge in [-0.15, -0.1) is 0 Å². The van der Waals surface area contributed by atoms with Crippen LogP contribution in [0.3, 0.4) is 0 Å². The monoisotopic (exact) mass is 449 g/mol. The molecule has 2 amide bonds. The highest BCUT2D eigenvalue weighted by Gasteiger charge is 2.52. The standard InChI is InChI=1S/C23H32ClN3O4/c1-21(2,3)13-11-16(24)25-14-12-15(31-17(13)14)18(28)27-10-9-26(20(29)30)19(22(4,5)6)23(27,7)8/h11-12,19H,9-10H2,1-8H3,(H,29,30). The Morgan fingerprint density at radius 2 is 1.77 bits per heavy atom. The minimum atomic E-state index is -0.975. The highest BCUT2D eigenvalue weighted by Crippen LogP contribution is 2.40. The smallest absolute Gasteiger partial charge is 0.407 e. The molecule has 0 saturated carbocycles. The zero-order valence-electron chi connectivity index (χ0n) is 19.5. The number of carbonyl (C=O) groups is 2. The van der Waals surface area contributed by atoms with Crippen LogP contribution in [0, 0.1) is 5.41 Å². The van der Waals surface area contributed by atoms with Crippen LogP contribution in [0.15, 0.2) is 16.5 Å². The fourth-order valence-corrected chi connectivity index (χ4v) is 5.24. The molecule has 0 aromatic carbocycles. The SMILES string of the molecule is CC(C)(C)c1cc(Cl)nc2cc(C(=O)N3CCN(C(=O)O)C(C(C)(C)C)C3(C)C)oc12. The molecule has 2 aromatic rings. The van der Waals surface area contributed by atoms with Crippen molar-refractivity contribution in [1.82, 2.24) is 14.8 Å². The van der Waals surface area contributed by atoms with Gasteiger partial charge in [-0.1, -0.05) is 53.1 Å². The van der Waals surface area contributed by atoms with Crippen molar-refractivity contribution in [3.63, 3.8) is 0 Å². The normalized spacial score (nSPS) is 19.7. The lowest BCUT2D eigenvalue weighted by Gasteiger charge is -2.56. The van der Waals surface area contributed by atoms with E-state index in [-0.39, 0.29) is 35.6 Å². The van der Waals surface area contributed by atoms with Crippen molar-refractivity contribution >= 4 is 34.7 Å². The average molecular weight is 450 g/mol. The number of halogens is 1. The van der Waals surface area contributed by atoms with Gasteiger partial charge < -0.3 is 19.3 Å². The zero-order valence-corrected chi connectivity index (χ0v) is 20.3. The molecule has 0 radical (unpaired) electrons. The van der Waals surface area contributed by atoms with Crippen LogP contribution in [0.2, 0.25) is 5.15 Å². The van der Waals surface area contributed by atoms with E-state index in [0.717, 1.165) is 5.56 Å². The number of carboxylic acid groups (broad SMARTS) is 1. The lowest BCUT2D eigenvalue weighted by Crippen LogP contribution is -2.71. The molecule has 7 nitrogen and oxygen atoms in total. The Bertz CT molecular complexity index is 1030. The molecule has 170 valence electrons. The van der Waals surface area contributed by atoms with Crippen LogP contribution in [0.25, 0.3) is 11.1 Å². The first kappa shape index (κ1) is 23.4. The Balaban J connectivity index is 2.07. The Kier molecular flexibility index (Phi) is 5.58. The van der Waals surface area contributed by atoms with E-state index in [9.17, 15) is 14.7 Å². The van der Waals surface area contributed by atoms with Gasteiger partial charge in [0.15, 0.2) is 11.3 Å². The molecule has 0 spiro atoms. The molecule has 1 aliphatic rings. The highest BCUT2D eigenvalue weighted by molar-refractivity contribution is 6.30. The van der Waals surface area contributed by atoms with E-state index in [1.807, 2.05) is 55.4 Å². The zero-order chi connectivity index (χ0) is 23.5. The number of carbonyl (C=O) groups excluding carboxylic acids is 1. The first-order valence-corrected chi connectivity index (χ1v) is 10.8. The predicted molar refractivity (Wildman–Crippen MR) is 121 cm³/mol. The van der Waals surface area contributed by atoms with Crippen LogP contribution in [0.1, 0.15) is 71.5 Å². The summed E-state index contributed by atoms with van der Waals surface area (Å²) in [7, 11) is 0. The van der Waals surface area contributed by atoms with Crippen molar-refractivity contribution in [2.45, 2.75) is 72.4 Å². The second-order valence-electron chi connectivity index (χ2n) is 10.9. The molecule has 1 unspecified atom stereocenters. The molecule has 8 heteroatoms. The molecule has 1 saturated heterocycles. The summed E-state index contributed by atoms with van der Waals surface area (Å²) in [4.78, 5) is 33.0. The number of furan rings is 1. The summed E-state index contributed by atoms with van der Waals surface area (Å²) in [5.74, 6) is -0.0990. The first-order chi connectivity index (χ1) is 14.0. The number of piperazine rings is 1. The van der Waals surface area contributed by atoms with E-state index in [0.29, 0.717) is 16.3 Å². The van der Waals surface area contributed by atoms with Crippen molar-refractivity contribution in [3.05, 3.63) is 28.6 Å². The van der Waals surface area contributed by atoms with Crippen molar-refractivity contribution in [2.24, 2.45) is 5.41 Å². The molecule has 1 N–H and O–H groups in total. The number of pyridine rings is 1. The maximum absolute atomic E-state index is 13.6. The molecule has 31 heavy (non-hydrogen) atoms. The van der Waals surface area contributed by atoms with Gasteiger partial charge in [-0.25, -0.2) is 9.78 Å². The van der Waals surface area contributed by atoms with Crippen LogP contribution in [0.5, 0.6) is 0 Å². The van der Waals surface area contributed by atoms with Gasteiger partial charge in [-0.3, -0.25) is 4.79 Å². The Morgan fingerprint density at radius 3 is 2.29 bits per heavy atom. The van der Waals surface area contributed by atoms with E-state index in [2.05, 4.69) is 4.98 Å². The molecule has 0 bridgehead atoms. The maximum atomic E-state index is 13.6. The van der Waals surface area contributed by atoms with Crippen molar-refractivity contribution < 1.29 is 19.1 Å². The molecular formula is C23H32ClN3O4. The van der Waals surface area contributed by atoms with Gasteiger partial charge in [-0.05, 0) is 30.7 Å². The Morgan fingerprint density at radius 1 is 1.16 bits per heavy atom. The lowest BCUT2D eigenvalue weighted by molar-refractivity contribution is -0.0528. The summed E-state index contributed by atoms with van der Waals surface area (Å²) in [5, 5.41) is 10.1. The Labute approximate surface area is 188 Å². The van der Waals surface area contributed by atoms with E-state index in [4.69, 9.17) is 16.0 Å². The highest BCUT2D eigenvalue weighted by atomic mass is 35.5. The summed E-state index contributed by atoms with van der Waals surface area (Å²) >= 11 is 6.22. The number of hydrogen-bond donors (Lipinski definition) is 1. The largest absolute Gasteiger partial charge is 0.465 e. The first-order valence-electron chi connectivity index (χ1n) is 10.5.